The summed E-state index contributed by atoms with van der Waals surface area (Å²) in [5.74, 6) is 0.384. The maximum absolute atomic E-state index is 12.0. The summed E-state index contributed by atoms with van der Waals surface area (Å²) in [5, 5.41) is 5.20. The highest BCUT2D eigenvalue weighted by molar-refractivity contribution is 6.01. The predicted octanol–water partition coefficient (Wildman–Crippen LogP) is 3.63. The molecule has 0 radical (unpaired) electrons. The summed E-state index contributed by atoms with van der Waals surface area (Å²) in [7, 11) is 2.02. The highest BCUT2D eigenvalue weighted by Gasteiger charge is 2.09. The zero-order valence-electron chi connectivity index (χ0n) is 15.5. The Hall–Kier alpha value is -3.08. The molecule has 0 saturated carbocycles. The van der Waals surface area contributed by atoms with Gasteiger partial charge in [0.25, 0.3) is 5.91 Å². The number of carbonyl (C=O) groups is 1. The van der Waals surface area contributed by atoms with E-state index in [0.717, 1.165) is 27.7 Å². The van der Waals surface area contributed by atoms with Crippen LogP contribution in [0.1, 0.15) is 22.4 Å². The van der Waals surface area contributed by atoms with Crippen LogP contribution in [0.3, 0.4) is 0 Å². The Morgan fingerprint density at radius 2 is 1.92 bits per heavy atom. The summed E-state index contributed by atoms with van der Waals surface area (Å²) in [4.78, 5) is 12.0. The van der Waals surface area contributed by atoms with Crippen molar-refractivity contribution in [3.8, 4) is 5.75 Å². The lowest BCUT2D eigenvalue weighted by Gasteiger charge is -2.07. The average molecular weight is 349 g/mol. The molecule has 1 heterocycles. The van der Waals surface area contributed by atoms with Gasteiger partial charge >= 0.3 is 0 Å². The number of rotatable bonds is 5. The number of fused-ring (bicyclic) bond motifs is 1. The number of benzene rings is 2. The third kappa shape index (κ3) is 3.61. The van der Waals surface area contributed by atoms with Crippen molar-refractivity contribution in [1.29, 1.82) is 0 Å². The van der Waals surface area contributed by atoms with Crippen LogP contribution in [0.15, 0.2) is 47.6 Å². The molecule has 0 aliphatic rings. The number of amides is 1. The summed E-state index contributed by atoms with van der Waals surface area (Å²) in [6.45, 7) is 6.01. The number of aromatic nitrogens is 1. The Labute approximate surface area is 153 Å². The number of carbonyl (C=O) groups excluding carboxylic acids is 1. The van der Waals surface area contributed by atoms with Crippen molar-refractivity contribution in [2.45, 2.75) is 20.8 Å². The topological polar surface area (TPSA) is 55.6 Å². The van der Waals surface area contributed by atoms with Crippen LogP contribution in [-0.2, 0) is 11.8 Å². The van der Waals surface area contributed by atoms with Gasteiger partial charge in [-0.25, -0.2) is 5.43 Å². The van der Waals surface area contributed by atoms with Crippen molar-refractivity contribution in [2.75, 3.05) is 6.61 Å². The molecule has 0 fully saturated rings. The monoisotopic (exact) mass is 349 g/mol. The van der Waals surface area contributed by atoms with E-state index in [1.165, 1.54) is 5.56 Å². The Balaban J connectivity index is 1.63. The number of hydrogen-bond acceptors (Lipinski definition) is 3. The van der Waals surface area contributed by atoms with E-state index in [1.54, 1.807) is 6.21 Å². The number of ether oxygens (including phenoxy) is 1. The second kappa shape index (κ2) is 7.44. The van der Waals surface area contributed by atoms with E-state index in [4.69, 9.17) is 4.74 Å². The van der Waals surface area contributed by atoms with Crippen LogP contribution in [0, 0.1) is 20.8 Å². The number of nitrogens with one attached hydrogen (secondary N) is 1. The van der Waals surface area contributed by atoms with E-state index >= 15 is 0 Å². The molecule has 0 bridgehead atoms. The summed E-state index contributed by atoms with van der Waals surface area (Å²) >= 11 is 0. The van der Waals surface area contributed by atoms with Crippen LogP contribution < -0.4 is 10.2 Å². The van der Waals surface area contributed by atoms with E-state index in [0.29, 0.717) is 5.75 Å². The molecule has 0 aliphatic carbocycles. The van der Waals surface area contributed by atoms with E-state index < -0.39 is 0 Å². The first-order chi connectivity index (χ1) is 12.5. The Morgan fingerprint density at radius 3 is 2.69 bits per heavy atom. The van der Waals surface area contributed by atoms with Crippen LogP contribution >= 0.6 is 0 Å². The SMILES string of the molecule is Cc1ccc(OCC(=O)NN=Cc2c(C)n(C)c3ccccc23)cc1C. The van der Waals surface area contributed by atoms with Crippen LogP contribution in [0.4, 0.5) is 0 Å². The lowest BCUT2D eigenvalue weighted by molar-refractivity contribution is -0.123. The highest BCUT2D eigenvalue weighted by atomic mass is 16.5. The molecular weight excluding hydrogens is 326 g/mol. The molecule has 1 aromatic heterocycles. The maximum atomic E-state index is 12.0. The smallest absolute Gasteiger partial charge is 0.277 e. The van der Waals surface area contributed by atoms with Gasteiger partial charge in [0.05, 0.1) is 6.21 Å². The highest BCUT2D eigenvalue weighted by Crippen LogP contribution is 2.23. The Kier molecular flexibility index (Phi) is 5.07. The first-order valence-corrected chi connectivity index (χ1v) is 8.53. The molecule has 0 atom stereocenters. The average Bonchev–Trinajstić information content (AvgIpc) is 2.88. The molecule has 134 valence electrons. The molecule has 1 amide bonds. The van der Waals surface area contributed by atoms with E-state index in [1.807, 2.05) is 64.2 Å². The Bertz CT molecular complexity index is 986. The van der Waals surface area contributed by atoms with Gasteiger partial charge in [-0.2, -0.15) is 5.10 Å². The molecule has 0 spiro atoms. The number of aryl methyl sites for hydroxylation is 3. The number of nitrogens with zero attached hydrogens (tertiary/aromatic N) is 2. The molecule has 2 aromatic carbocycles. The normalized spacial score (nSPS) is 11.2. The fourth-order valence-corrected chi connectivity index (χ4v) is 2.87. The van der Waals surface area contributed by atoms with Gasteiger partial charge in [-0.1, -0.05) is 24.3 Å². The quantitative estimate of drug-likeness (QED) is 0.565. The summed E-state index contributed by atoms with van der Waals surface area (Å²) in [6, 6.07) is 13.9. The van der Waals surface area contributed by atoms with Gasteiger partial charge in [0, 0.05) is 29.2 Å². The number of para-hydroxylation sites is 1. The molecule has 0 saturated heterocycles. The van der Waals surface area contributed by atoms with Gasteiger partial charge in [-0.05, 0) is 50.1 Å². The van der Waals surface area contributed by atoms with Crippen molar-refractivity contribution < 1.29 is 9.53 Å². The third-order valence-corrected chi connectivity index (χ3v) is 4.68. The number of hydrogen-bond donors (Lipinski definition) is 1. The van der Waals surface area contributed by atoms with Gasteiger partial charge < -0.3 is 9.30 Å². The standard InChI is InChI=1S/C21H23N3O2/c1-14-9-10-17(11-15(14)2)26-13-21(25)23-22-12-19-16(3)24(4)20-8-6-5-7-18(19)20/h5-12H,13H2,1-4H3,(H,23,25). The van der Waals surface area contributed by atoms with Crippen molar-refractivity contribution in [3.63, 3.8) is 0 Å². The largest absolute Gasteiger partial charge is 0.484 e. The minimum atomic E-state index is -0.294. The van der Waals surface area contributed by atoms with Crippen LogP contribution in [0.5, 0.6) is 5.75 Å². The Morgan fingerprint density at radius 1 is 1.15 bits per heavy atom. The third-order valence-electron chi connectivity index (χ3n) is 4.68. The summed E-state index contributed by atoms with van der Waals surface area (Å²) in [6.07, 6.45) is 1.69. The molecular formula is C21H23N3O2. The second-order valence-corrected chi connectivity index (χ2v) is 6.40. The van der Waals surface area contributed by atoms with Gasteiger partial charge in [0.2, 0.25) is 0 Å². The summed E-state index contributed by atoms with van der Waals surface area (Å²) < 4.78 is 7.63. The fourth-order valence-electron chi connectivity index (χ4n) is 2.87. The zero-order chi connectivity index (χ0) is 18.7. The molecule has 5 nitrogen and oxygen atoms in total. The van der Waals surface area contributed by atoms with Crippen molar-refractivity contribution in [3.05, 3.63) is 64.8 Å². The first-order valence-electron chi connectivity index (χ1n) is 8.53. The molecule has 3 aromatic rings. The van der Waals surface area contributed by atoms with E-state index in [-0.39, 0.29) is 12.5 Å². The van der Waals surface area contributed by atoms with Gasteiger partial charge in [0.1, 0.15) is 5.75 Å². The predicted molar refractivity (Wildman–Crippen MR) is 105 cm³/mol. The molecule has 1 N–H and O–H groups in total. The maximum Gasteiger partial charge on any atom is 0.277 e. The summed E-state index contributed by atoms with van der Waals surface area (Å²) in [5.41, 5.74) is 8.07. The van der Waals surface area contributed by atoms with Crippen molar-refractivity contribution in [2.24, 2.45) is 12.1 Å². The lowest BCUT2D eigenvalue weighted by atomic mass is 10.1. The van der Waals surface area contributed by atoms with Crippen molar-refractivity contribution >= 4 is 23.0 Å². The molecule has 5 heteroatoms. The second-order valence-electron chi connectivity index (χ2n) is 6.40. The van der Waals surface area contributed by atoms with Gasteiger partial charge in [0.15, 0.2) is 6.61 Å². The molecule has 26 heavy (non-hydrogen) atoms. The van der Waals surface area contributed by atoms with Crippen molar-refractivity contribution in [1.82, 2.24) is 9.99 Å². The molecule has 0 unspecified atom stereocenters. The molecule has 0 aliphatic heterocycles. The minimum absolute atomic E-state index is 0.0750. The van der Waals surface area contributed by atoms with Gasteiger partial charge in [-0.15, -0.1) is 0 Å². The van der Waals surface area contributed by atoms with E-state index in [9.17, 15) is 4.79 Å². The fraction of sp³-hybridized carbons (Fsp3) is 0.238. The minimum Gasteiger partial charge on any atom is -0.484 e. The lowest BCUT2D eigenvalue weighted by Crippen LogP contribution is -2.24. The van der Waals surface area contributed by atoms with E-state index in [2.05, 4.69) is 21.2 Å². The molecule has 3 rings (SSSR count). The van der Waals surface area contributed by atoms with Crippen LogP contribution in [0.2, 0.25) is 0 Å². The van der Waals surface area contributed by atoms with Crippen LogP contribution in [-0.4, -0.2) is 23.3 Å². The zero-order valence-corrected chi connectivity index (χ0v) is 15.5. The van der Waals surface area contributed by atoms with Gasteiger partial charge in [-0.3, -0.25) is 4.79 Å². The van der Waals surface area contributed by atoms with Crippen LogP contribution in [0.25, 0.3) is 10.9 Å². The number of hydrazone groups is 1. The first kappa shape index (κ1) is 17.7.